The van der Waals surface area contributed by atoms with Gasteiger partial charge in [-0.25, -0.2) is 9.97 Å². The summed E-state index contributed by atoms with van der Waals surface area (Å²) in [5, 5.41) is 0. The number of pyridine rings is 1. The van der Waals surface area contributed by atoms with Crippen molar-refractivity contribution in [3.8, 4) is 5.82 Å². The minimum Gasteiger partial charge on any atom is -0.338 e. The van der Waals surface area contributed by atoms with Gasteiger partial charge < -0.3 is 4.90 Å². The minimum absolute atomic E-state index is 0.0946. The van der Waals surface area contributed by atoms with Gasteiger partial charge in [0.1, 0.15) is 12.1 Å². The van der Waals surface area contributed by atoms with Gasteiger partial charge in [-0.1, -0.05) is 13.8 Å². The van der Waals surface area contributed by atoms with E-state index in [9.17, 15) is 4.79 Å². The van der Waals surface area contributed by atoms with Gasteiger partial charge in [-0.3, -0.25) is 9.36 Å². The predicted octanol–water partition coefficient (Wildman–Crippen LogP) is 2.39. The molecular weight excluding hydrogens is 264 g/mol. The Kier molecular flexibility index (Phi) is 3.73. The van der Waals surface area contributed by atoms with Crippen molar-refractivity contribution in [1.29, 1.82) is 0 Å². The van der Waals surface area contributed by atoms with Crippen LogP contribution in [0.4, 0.5) is 0 Å². The molecule has 5 nitrogen and oxygen atoms in total. The maximum absolute atomic E-state index is 12.7. The van der Waals surface area contributed by atoms with E-state index in [-0.39, 0.29) is 5.91 Å². The second kappa shape index (κ2) is 5.68. The van der Waals surface area contributed by atoms with Crippen molar-refractivity contribution in [3.05, 3.63) is 42.6 Å². The average Bonchev–Trinajstić information content (AvgIpc) is 3.00. The fourth-order valence-corrected chi connectivity index (χ4v) is 3.10. The Labute approximate surface area is 124 Å². The summed E-state index contributed by atoms with van der Waals surface area (Å²) in [5.74, 6) is 1.94. The summed E-state index contributed by atoms with van der Waals surface area (Å²) < 4.78 is 1.80. The van der Waals surface area contributed by atoms with Crippen LogP contribution in [0.2, 0.25) is 0 Å². The first-order valence-corrected chi connectivity index (χ1v) is 7.37. The van der Waals surface area contributed by atoms with Gasteiger partial charge >= 0.3 is 0 Å². The summed E-state index contributed by atoms with van der Waals surface area (Å²) in [6.07, 6.45) is 8.08. The van der Waals surface area contributed by atoms with Crippen LogP contribution in [0.3, 0.4) is 0 Å². The van der Waals surface area contributed by atoms with Crippen LogP contribution in [0.5, 0.6) is 0 Å². The lowest BCUT2D eigenvalue weighted by Crippen LogP contribution is -2.42. The summed E-state index contributed by atoms with van der Waals surface area (Å²) >= 11 is 0. The van der Waals surface area contributed by atoms with Gasteiger partial charge in [0.25, 0.3) is 5.91 Å². The third-order valence-electron chi connectivity index (χ3n) is 3.92. The second-order valence-corrected chi connectivity index (χ2v) is 6.03. The van der Waals surface area contributed by atoms with Crippen LogP contribution in [0.25, 0.3) is 5.82 Å². The molecule has 3 heterocycles. The van der Waals surface area contributed by atoms with Crippen LogP contribution < -0.4 is 0 Å². The van der Waals surface area contributed by atoms with Crippen molar-refractivity contribution in [2.75, 3.05) is 13.1 Å². The van der Waals surface area contributed by atoms with Crippen LogP contribution >= 0.6 is 0 Å². The largest absolute Gasteiger partial charge is 0.338 e. The molecule has 0 radical (unpaired) electrons. The molecule has 5 heteroatoms. The highest BCUT2D eigenvalue weighted by molar-refractivity contribution is 5.94. The highest BCUT2D eigenvalue weighted by Crippen LogP contribution is 2.22. The predicted molar refractivity (Wildman–Crippen MR) is 80.2 cm³/mol. The SMILES string of the molecule is CC1CC(C)CN(C(=O)c2ccnc(-n3ccnc3)c2)C1. The Morgan fingerprint density at radius 3 is 2.67 bits per heavy atom. The zero-order chi connectivity index (χ0) is 14.8. The number of likely N-dealkylation sites (tertiary alicyclic amines) is 1. The molecule has 3 rings (SSSR count). The van der Waals surface area contributed by atoms with Gasteiger partial charge in [0.05, 0.1) is 0 Å². The molecule has 2 atom stereocenters. The molecule has 0 spiro atoms. The first kappa shape index (κ1) is 13.8. The van der Waals surface area contributed by atoms with Crippen molar-refractivity contribution >= 4 is 5.91 Å². The van der Waals surface area contributed by atoms with E-state index in [1.54, 1.807) is 29.4 Å². The van der Waals surface area contributed by atoms with Crippen molar-refractivity contribution in [2.24, 2.45) is 11.8 Å². The van der Waals surface area contributed by atoms with Gasteiger partial charge in [-0.15, -0.1) is 0 Å². The topological polar surface area (TPSA) is 51.0 Å². The Bertz CT molecular complexity index is 613. The molecule has 1 amide bonds. The molecule has 0 bridgehead atoms. The molecule has 0 aromatic carbocycles. The summed E-state index contributed by atoms with van der Waals surface area (Å²) in [6, 6.07) is 3.61. The number of nitrogens with zero attached hydrogens (tertiary/aromatic N) is 4. The number of imidazole rings is 1. The smallest absolute Gasteiger partial charge is 0.254 e. The molecule has 1 fully saturated rings. The van der Waals surface area contributed by atoms with E-state index < -0.39 is 0 Å². The number of hydrogen-bond acceptors (Lipinski definition) is 3. The lowest BCUT2D eigenvalue weighted by Gasteiger charge is -2.35. The number of amides is 1. The van der Waals surface area contributed by atoms with Crippen LogP contribution in [-0.4, -0.2) is 38.4 Å². The summed E-state index contributed by atoms with van der Waals surface area (Å²) in [6.45, 7) is 6.09. The molecule has 1 aliphatic rings. The van der Waals surface area contributed by atoms with Gasteiger partial charge in [-0.2, -0.15) is 0 Å². The van der Waals surface area contributed by atoms with Crippen molar-refractivity contribution in [1.82, 2.24) is 19.4 Å². The van der Waals surface area contributed by atoms with E-state index in [1.807, 2.05) is 17.2 Å². The Hall–Kier alpha value is -2.17. The van der Waals surface area contributed by atoms with Crippen LogP contribution in [0.15, 0.2) is 37.1 Å². The number of piperidine rings is 1. The fraction of sp³-hybridized carbons (Fsp3) is 0.438. The van der Waals surface area contributed by atoms with Crippen LogP contribution in [-0.2, 0) is 0 Å². The first-order valence-electron chi connectivity index (χ1n) is 7.37. The van der Waals surface area contributed by atoms with Gasteiger partial charge in [0.15, 0.2) is 0 Å². The molecule has 2 aromatic rings. The van der Waals surface area contributed by atoms with Crippen molar-refractivity contribution in [3.63, 3.8) is 0 Å². The average molecular weight is 284 g/mol. The summed E-state index contributed by atoms with van der Waals surface area (Å²) in [7, 11) is 0. The molecule has 1 aliphatic heterocycles. The van der Waals surface area contributed by atoms with E-state index >= 15 is 0 Å². The zero-order valence-electron chi connectivity index (χ0n) is 12.4. The lowest BCUT2D eigenvalue weighted by molar-refractivity contribution is 0.0623. The number of carbonyl (C=O) groups is 1. The molecule has 1 saturated heterocycles. The number of hydrogen-bond donors (Lipinski definition) is 0. The highest BCUT2D eigenvalue weighted by atomic mass is 16.2. The molecule has 2 aromatic heterocycles. The zero-order valence-corrected chi connectivity index (χ0v) is 12.4. The third kappa shape index (κ3) is 2.96. The molecule has 21 heavy (non-hydrogen) atoms. The standard InChI is InChI=1S/C16H20N4O/c1-12-7-13(2)10-20(9-12)16(21)14-3-4-18-15(8-14)19-6-5-17-11-19/h3-6,8,11-13H,7,9-10H2,1-2H3. The van der Waals surface area contributed by atoms with E-state index in [2.05, 4.69) is 23.8 Å². The van der Waals surface area contributed by atoms with E-state index in [0.29, 0.717) is 17.4 Å². The molecule has 2 unspecified atom stereocenters. The quantitative estimate of drug-likeness (QED) is 0.851. The lowest BCUT2D eigenvalue weighted by atomic mass is 9.91. The maximum Gasteiger partial charge on any atom is 0.254 e. The summed E-state index contributed by atoms with van der Waals surface area (Å²) in [4.78, 5) is 23.0. The van der Waals surface area contributed by atoms with E-state index in [4.69, 9.17) is 0 Å². The Balaban J connectivity index is 1.83. The third-order valence-corrected chi connectivity index (χ3v) is 3.92. The second-order valence-electron chi connectivity index (χ2n) is 6.03. The van der Waals surface area contributed by atoms with E-state index in [1.165, 1.54) is 6.42 Å². The number of carbonyl (C=O) groups excluding carboxylic acids is 1. The molecule has 0 saturated carbocycles. The van der Waals surface area contributed by atoms with Gasteiger partial charge in [0.2, 0.25) is 0 Å². The minimum atomic E-state index is 0.0946. The highest BCUT2D eigenvalue weighted by Gasteiger charge is 2.26. The van der Waals surface area contributed by atoms with Gasteiger partial charge in [0, 0.05) is 37.2 Å². The monoisotopic (exact) mass is 284 g/mol. The number of rotatable bonds is 2. The molecule has 0 N–H and O–H groups in total. The van der Waals surface area contributed by atoms with Gasteiger partial charge in [-0.05, 0) is 30.4 Å². The fourth-order valence-electron chi connectivity index (χ4n) is 3.10. The van der Waals surface area contributed by atoms with E-state index in [0.717, 1.165) is 18.9 Å². The number of aromatic nitrogens is 3. The summed E-state index contributed by atoms with van der Waals surface area (Å²) in [5.41, 5.74) is 0.690. The molecule has 0 aliphatic carbocycles. The van der Waals surface area contributed by atoms with Crippen LogP contribution in [0.1, 0.15) is 30.6 Å². The normalized spacial score (nSPS) is 22.3. The molecule has 110 valence electrons. The van der Waals surface area contributed by atoms with Crippen molar-refractivity contribution in [2.45, 2.75) is 20.3 Å². The maximum atomic E-state index is 12.7. The Morgan fingerprint density at radius 1 is 1.24 bits per heavy atom. The molecular formula is C16H20N4O. The Morgan fingerprint density at radius 2 is 2.00 bits per heavy atom. The van der Waals surface area contributed by atoms with Crippen LogP contribution in [0, 0.1) is 11.8 Å². The van der Waals surface area contributed by atoms with Crippen molar-refractivity contribution < 1.29 is 4.79 Å². The first-order chi connectivity index (χ1) is 10.1.